The van der Waals surface area contributed by atoms with E-state index in [9.17, 15) is 14.0 Å². The molecule has 35 heavy (non-hydrogen) atoms. The molecule has 0 aliphatic heterocycles. The van der Waals surface area contributed by atoms with Crippen LogP contribution in [0.5, 0.6) is 0 Å². The summed E-state index contributed by atoms with van der Waals surface area (Å²) in [6.07, 6.45) is 7.51. The number of rotatable bonds is 7. The summed E-state index contributed by atoms with van der Waals surface area (Å²) in [5, 5.41) is 0. The lowest BCUT2D eigenvalue weighted by Crippen LogP contribution is -2.22. The molecule has 0 aromatic carbocycles. The maximum absolute atomic E-state index is 14.8. The summed E-state index contributed by atoms with van der Waals surface area (Å²) in [6.45, 7) is 1.79. The van der Waals surface area contributed by atoms with Crippen LogP contribution in [0.1, 0.15) is 71.7 Å². The molecule has 5 rings (SSSR count). The van der Waals surface area contributed by atoms with Gasteiger partial charge in [0.05, 0.1) is 26.4 Å². The number of carbonyl (C=O) groups is 2. The first-order valence-corrected chi connectivity index (χ1v) is 12.9. The maximum atomic E-state index is 14.8. The van der Waals surface area contributed by atoms with Crippen molar-refractivity contribution in [3.63, 3.8) is 0 Å². The van der Waals surface area contributed by atoms with Gasteiger partial charge >= 0.3 is 0 Å². The third kappa shape index (κ3) is 4.77. The largest absolute Gasteiger partial charge is 0.318 e. The highest BCUT2D eigenvalue weighted by molar-refractivity contribution is 7.18. The van der Waals surface area contributed by atoms with Crippen molar-refractivity contribution in [1.29, 1.82) is 0 Å². The van der Waals surface area contributed by atoms with Gasteiger partial charge in [0, 0.05) is 25.1 Å². The Kier molecular flexibility index (Phi) is 6.75. The second-order valence-electron chi connectivity index (χ2n) is 8.89. The van der Waals surface area contributed by atoms with Crippen LogP contribution in [-0.4, -0.2) is 31.1 Å². The summed E-state index contributed by atoms with van der Waals surface area (Å²) >= 11 is 7.32. The number of halogens is 2. The topological polar surface area (TPSA) is 77.7 Å². The van der Waals surface area contributed by atoms with E-state index in [4.69, 9.17) is 16.6 Å². The number of ketones is 2. The van der Waals surface area contributed by atoms with Gasteiger partial charge in [0.2, 0.25) is 0 Å². The Labute approximate surface area is 211 Å². The van der Waals surface area contributed by atoms with E-state index in [0.717, 1.165) is 31.2 Å². The molecule has 1 aliphatic rings. The van der Waals surface area contributed by atoms with E-state index in [1.807, 2.05) is 4.57 Å². The zero-order valence-electron chi connectivity index (χ0n) is 19.2. The number of nitrogens with zero attached hydrogens (tertiary/aromatic N) is 4. The van der Waals surface area contributed by atoms with Gasteiger partial charge in [-0.25, -0.2) is 14.4 Å². The van der Waals surface area contributed by atoms with Crippen molar-refractivity contribution in [2.45, 2.75) is 51.5 Å². The molecule has 0 bridgehead atoms. The minimum absolute atomic E-state index is 0.00408. The van der Waals surface area contributed by atoms with E-state index in [2.05, 4.69) is 9.97 Å². The Morgan fingerprint density at radius 2 is 2.06 bits per heavy atom. The second-order valence-corrected chi connectivity index (χ2v) is 10.6. The van der Waals surface area contributed by atoms with Gasteiger partial charge in [0.25, 0.3) is 0 Å². The Morgan fingerprint density at radius 3 is 2.80 bits per heavy atom. The fraction of sp³-hybridized carbons (Fsp3) is 0.346. The fourth-order valence-corrected chi connectivity index (χ4v) is 5.92. The molecule has 0 saturated heterocycles. The van der Waals surface area contributed by atoms with Crippen molar-refractivity contribution in [3.05, 3.63) is 63.5 Å². The highest BCUT2D eigenvalue weighted by Crippen LogP contribution is 2.40. The van der Waals surface area contributed by atoms with Crippen LogP contribution in [0.2, 0.25) is 4.34 Å². The summed E-state index contributed by atoms with van der Waals surface area (Å²) in [5.74, 6) is 0.178. The van der Waals surface area contributed by atoms with E-state index in [1.165, 1.54) is 17.4 Å². The minimum atomic E-state index is -0.459. The molecule has 4 aromatic heterocycles. The van der Waals surface area contributed by atoms with Crippen LogP contribution in [0.15, 0.2) is 42.7 Å². The smallest absolute Gasteiger partial charge is 0.180 e. The summed E-state index contributed by atoms with van der Waals surface area (Å²) in [4.78, 5) is 39.1. The fourth-order valence-electron chi connectivity index (χ4n) is 4.92. The Bertz CT molecular complexity index is 1420. The predicted octanol–water partition coefficient (Wildman–Crippen LogP) is 6.94. The second kappa shape index (κ2) is 9.95. The summed E-state index contributed by atoms with van der Waals surface area (Å²) in [6, 6.07) is 8.12. The molecule has 0 unspecified atom stereocenters. The van der Waals surface area contributed by atoms with Crippen molar-refractivity contribution >= 4 is 45.5 Å². The summed E-state index contributed by atoms with van der Waals surface area (Å²) < 4.78 is 17.4. The molecule has 0 N–H and O–H groups in total. The maximum Gasteiger partial charge on any atom is 0.180 e. The molecule has 1 aliphatic carbocycles. The predicted molar refractivity (Wildman–Crippen MR) is 135 cm³/mol. The molecule has 9 heteroatoms. The first kappa shape index (κ1) is 23.8. The molecular weight excluding hydrogens is 487 g/mol. The Balaban J connectivity index is 1.52. The molecule has 180 valence electrons. The van der Waals surface area contributed by atoms with Crippen molar-refractivity contribution in [2.75, 3.05) is 0 Å². The van der Waals surface area contributed by atoms with Gasteiger partial charge in [-0.1, -0.05) is 24.9 Å². The summed E-state index contributed by atoms with van der Waals surface area (Å²) in [5.41, 5.74) is 1.83. The highest BCUT2D eigenvalue weighted by Gasteiger charge is 2.30. The van der Waals surface area contributed by atoms with Gasteiger partial charge in [0.15, 0.2) is 23.2 Å². The number of pyridine rings is 2. The van der Waals surface area contributed by atoms with Gasteiger partial charge in [-0.3, -0.25) is 14.6 Å². The van der Waals surface area contributed by atoms with Crippen LogP contribution < -0.4 is 0 Å². The molecule has 1 saturated carbocycles. The minimum Gasteiger partial charge on any atom is -0.318 e. The number of carbonyl (C=O) groups excluding carboxylic acids is 2. The van der Waals surface area contributed by atoms with Crippen LogP contribution >= 0.6 is 22.9 Å². The standard InChI is InChI=1S/C26H24ClFN4O2S/c1-2-21(33)19-13-18-20(14-30-19)32(26(31-18)25-17(28)7-4-10-29-25)16-6-3-5-15(11-16)12-22(34)23-8-9-24(27)35-23/h4,7-10,13-16H,2-3,5-6,11-12H2,1H3/t15-,16+/m1/s1. The van der Waals surface area contributed by atoms with Crippen molar-refractivity contribution < 1.29 is 14.0 Å². The first-order chi connectivity index (χ1) is 16.9. The number of imidazole rings is 1. The van der Waals surface area contributed by atoms with Crippen LogP contribution in [0.3, 0.4) is 0 Å². The van der Waals surface area contributed by atoms with Gasteiger partial charge in [0.1, 0.15) is 11.4 Å². The van der Waals surface area contributed by atoms with E-state index < -0.39 is 5.82 Å². The lowest BCUT2D eigenvalue weighted by Gasteiger charge is -2.31. The van der Waals surface area contributed by atoms with Gasteiger partial charge in [-0.15, -0.1) is 11.3 Å². The molecular formula is C26H24ClFN4O2S. The van der Waals surface area contributed by atoms with Crippen LogP contribution in [0, 0.1) is 11.7 Å². The molecule has 0 radical (unpaired) electrons. The SMILES string of the molecule is CCC(=O)c1cc2nc(-c3ncccc3F)n([C@H]3CCC[C@@H](CC(=O)c4ccc(Cl)s4)C3)c2cn1. The zero-order chi connectivity index (χ0) is 24.5. The zero-order valence-corrected chi connectivity index (χ0v) is 20.8. The van der Waals surface area contributed by atoms with Crippen LogP contribution in [-0.2, 0) is 0 Å². The molecule has 6 nitrogen and oxygen atoms in total. The van der Waals surface area contributed by atoms with Gasteiger partial charge < -0.3 is 4.57 Å². The van der Waals surface area contributed by atoms with Crippen molar-refractivity contribution in [2.24, 2.45) is 5.92 Å². The molecule has 0 amide bonds. The van der Waals surface area contributed by atoms with Gasteiger partial charge in [-0.2, -0.15) is 0 Å². The molecule has 0 spiro atoms. The summed E-state index contributed by atoms with van der Waals surface area (Å²) in [7, 11) is 0. The van der Waals surface area contributed by atoms with E-state index in [1.54, 1.807) is 43.6 Å². The lowest BCUT2D eigenvalue weighted by molar-refractivity contribution is 0.0944. The third-order valence-corrected chi connectivity index (χ3v) is 7.87. The number of thiophene rings is 1. The number of hydrogen-bond donors (Lipinski definition) is 0. The monoisotopic (exact) mass is 510 g/mol. The number of fused-ring (bicyclic) bond motifs is 1. The number of aromatic nitrogens is 4. The number of Topliss-reactive ketones (excluding diaryl/α,β-unsaturated/α-hetero) is 2. The van der Waals surface area contributed by atoms with Crippen molar-refractivity contribution in [3.8, 4) is 11.5 Å². The lowest BCUT2D eigenvalue weighted by atomic mass is 9.82. The van der Waals surface area contributed by atoms with Crippen LogP contribution in [0.4, 0.5) is 4.39 Å². The molecule has 4 heterocycles. The number of hydrogen-bond acceptors (Lipinski definition) is 6. The average Bonchev–Trinajstić information content (AvgIpc) is 3.47. The van der Waals surface area contributed by atoms with E-state index in [-0.39, 0.29) is 29.2 Å². The highest BCUT2D eigenvalue weighted by atomic mass is 35.5. The average molecular weight is 511 g/mol. The molecule has 4 aromatic rings. The van der Waals surface area contributed by atoms with Crippen molar-refractivity contribution in [1.82, 2.24) is 19.5 Å². The Morgan fingerprint density at radius 1 is 1.20 bits per heavy atom. The first-order valence-electron chi connectivity index (χ1n) is 11.7. The van der Waals surface area contributed by atoms with Gasteiger partial charge in [-0.05, 0) is 55.5 Å². The van der Waals surface area contributed by atoms with Crippen LogP contribution in [0.25, 0.3) is 22.6 Å². The molecule has 1 fully saturated rings. The van der Waals surface area contributed by atoms with E-state index in [0.29, 0.717) is 39.1 Å². The van der Waals surface area contributed by atoms with E-state index >= 15 is 0 Å². The molecule has 2 atom stereocenters. The quantitative estimate of drug-likeness (QED) is 0.251. The normalized spacial score (nSPS) is 18.1. The third-order valence-electron chi connectivity index (χ3n) is 6.60. The Hall–Kier alpha value is -2.97.